The summed E-state index contributed by atoms with van der Waals surface area (Å²) in [6.07, 6.45) is 0. The molecule has 4 rings (SSSR count). The summed E-state index contributed by atoms with van der Waals surface area (Å²) in [6.45, 7) is 1.82. The van der Waals surface area contributed by atoms with Crippen molar-refractivity contribution in [2.45, 2.75) is 18.0 Å². The van der Waals surface area contributed by atoms with Gasteiger partial charge in [-0.25, -0.2) is 9.97 Å². The van der Waals surface area contributed by atoms with Gasteiger partial charge in [0.1, 0.15) is 10.8 Å². The van der Waals surface area contributed by atoms with Gasteiger partial charge < -0.3 is 4.74 Å². The zero-order valence-corrected chi connectivity index (χ0v) is 18.9. The fraction of sp³-hybridized carbons (Fsp3) is 0.174. The topological polar surface area (TPSA) is 97.9 Å². The van der Waals surface area contributed by atoms with Crippen LogP contribution in [0.15, 0.2) is 63.9 Å². The van der Waals surface area contributed by atoms with Gasteiger partial charge in [0.2, 0.25) is 0 Å². The van der Waals surface area contributed by atoms with Crippen LogP contribution in [0.2, 0.25) is 0 Å². The van der Waals surface area contributed by atoms with Crippen LogP contribution in [0.4, 0.5) is 0 Å². The summed E-state index contributed by atoms with van der Waals surface area (Å²) >= 11 is 2.42. The van der Waals surface area contributed by atoms with Crippen molar-refractivity contribution in [3.8, 4) is 17.5 Å². The van der Waals surface area contributed by atoms with E-state index in [2.05, 4.69) is 9.97 Å². The molecule has 0 aliphatic carbocycles. The first-order valence-electron chi connectivity index (χ1n) is 9.65. The zero-order chi connectivity index (χ0) is 22.7. The van der Waals surface area contributed by atoms with Crippen molar-refractivity contribution in [3.05, 3.63) is 75.0 Å². The molecular formula is C23H18N4O3S2. The van der Waals surface area contributed by atoms with E-state index in [9.17, 15) is 14.9 Å². The second-order valence-electron chi connectivity index (χ2n) is 6.90. The van der Waals surface area contributed by atoms with Gasteiger partial charge in [0.25, 0.3) is 5.56 Å². The quantitative estimate of drug-likeness (QED) is 0.301. The minimum atomic E-state index is -0.946. The van der Waals surface area contributed by atoms with E-state index in [4.69, 9.17) is 4.74 Å². The molecule has 0 fully saturated rings. The lowest BCUT2D eigenvalue weighted by Crippen LogP contribution is -2.22. The first-order valence-corrected chi connectivity index (χ1v) is 11.5. The number of hydrogen-bond donors (Lipinski definition) is 0. The van der Waals surface area contributed by atoms with Gasteiger partial charge in [0.15, 0.2) is 16.9 Å². The Bertz CT molecular complexity index is 1400. The van der Waals surface area contributed by atoms with Crippen LogP contribution in [0.3, 0.4) is 0 Å². The first kappa shape index (κ1) is 21.7. The molecule has 2 heterocycles. The van der Waals surface area contributed by atoms with Crippen molar-refractivity contribution < 1.29 is 9.53 Å². The maximum absolute atomic E-state index is 13.3. The molecule has 2 aromatic heterocycles. The van der Waals surface area contributed by atoms with Gasteiger partial charge in [-0.3, -0.25) is 14.2 Å². The molecule has 4 aromatic rings. The summed E-state index contributed by atoms with van der Waals surface area (Å²) in [5.41, 5.74) is 1.65. The number of aryl methyl sites for hydroxylation is 1. The summed E-state index contributed by atoms with van der Waals surface area (Å²) in [7, 11) is 1.55. The molecule has 0 radical (unpaired) electrons. The number of carbonyl (C=O) groups is 1. The van der Waals surface area contributed by atoms with Crippen molar-refractivity contribution in [1.82, 2.24) is 14.5 Å². The SMILES string of the molecule is COc1cccc(-n2c(SCC(=O)[C@H](C#N)c3nc(C)cs3)nc3ccccc3c2=O)c1. The molecule has 32 heavy (non-hydrogen) atoms. The van der Waals surface area contributed by atoms with Crippen LogP contribution in [-0.4, -0.2) is 33.2 Å². The van der Waals surface area contributed by atoms with Gasteiger partial charge in [-0.15, -0.1) is 11.3 Å². The molecule has 0 bridgehead atoms. The first-order chi connectivity index (χ1) is 15.5. The minimum Gasteiger partial charge on any atom is -0.497 e. The van der Waals surface area contributed by atoms with Crippen molar-refractivity contribution in [2.75, 3.05) is 12.9 Å². The average Bonchev–Trinajstić information content (AvgIpc) is 3.24. The van der Waals surface area contributed by atoms with Crippen molar-refractivity contribution in [3.63, 3.8) is 0 Å². The molecule has 0 spiro atoms. The number of nitrogens with zero attached hydrogens (tertiary/aromatic N) is 4. The van der Waals surface area contributed by atoms with Crippen molar-refractivity contribution in [2.24, 2.45) is 0 Å². The number of rotatable bonds is 7. The maximum Gasteiger partial charge on any atom is 0.266 e. The number of hydrogen-bond acceptors (Lipinski definition) is 8. The highest BCUT2D eigenvalue weighted by molar-refractivity contribution is 7.99. The fourth-order valence-corrected chi connectivity index (χ4v) is 4.95. The Morgan fingerprint density at radius 1 is 1.25 bits per heavy atom. The predicted molar refractivity (Wildman–Crippen MR) is 125 cm³/mol. The molecule has 0 aliphatic heterocycles. The standard InChI is InChI=1S/C23H18N4O3S2/c1-14-12-31-21(25-14)18(11-24)20(28)13-32-23-26-19-9-4-3-8-17(19)22(29)27(23)15-6-5-7-16(10-15)30-2/h3-10,12,18H,13H2,1-2H3/t18-/m0/s1. The zero-order valence-electron chi connectivity index (χ0n) is 17.3. The van der Waals surface area contributed by atoms with E-state index in [1.54, 1.807) is 55.6 Å². The van der Waals surface area contributed by atoms with Crippen LogP contribution in [0.5, 0.6) is 5.75 Å². The molecule has 160 valence electrons. The van der Waals surface area contributed by atoms with Crippen LogP contribution in [0, 0.1) is 18.3 Å². The van der Waals surface area contributed by atoms with Crippen molar-refractivity contribution in [1.29, 1.82) is 5.26 Å². The molecule has 0 saturated carbocycles. The molecule has 0 saturated heterocycles. The minimum absolute atomic E-state index is 0.0222. The van der Waals surface area contributed by atoms with E-state index in [0.29, 0.717) is 32.5 Å². The monoisotopic (exact) mass is 462 g/mol. The summed E-state index contributed by atoms with van der Waals surface area (Å²) in [6, 6.07) is 16.2. The largest absolute Gasteiger partial charge is 0.497 e. The van der Waals surface area contributed by atoms with Crippen LogP contribution in [-0.2, 0) is 4.79 Å². The number of nitriles is 1. The Balaban J connectivity index is 1.73. The highest BCUT2D eigenvalue weighted by Crippen LogP contribution is 2.27. The highest BCUT2D eigenvalue weighted by atomic mass is 32.2. The number of methoxy groups -OCH3 is 1. The van der Waals surface area contributed by atoms with Crippen LogP contribution < -0.4 is 10.3 Å². The second kappa shape index (κ2) is 9.34. The molecular weight excluding hydrogens is 444 g/mol. The Hall–Kier alpha value is -3.48. The molecule has 2 aromatic carbocycles. The van der Waals surface area contributed by atoms with E-state index < -0.39 is 5.92 Å². The number of ketones is 1. The van der Waals surface area contributed by atoms with E-state index in [-0.39, 0.29) is 17.1 Å². The van der Waals surface area contributed by atoms with Gasteiger partial charge in [-0.05, 0) is 31.2 Å². The van der Waals surface area contributed by atoms with E-state index in [1.807, 2.05) is 18.4 Å². The molecule has 0 aliphatic rings. The van der Waals surface area contributed by atoms with Crippen LogP contribution in [0.1, 0.15) is 16.6 Å². The third kappa shape index (κ3) is 4.28. The number of carbonyl (C=O) groups excluding carboxylic acids is 1. The third-order valence-electron chi connectivity index (χ3n) is 4.73. The van der Waals surface area contributed by atoms with Gasteiger partial charge in [0, 0.05) is 17.1 Å². The summed E-state index contributed by atoms with van der Waals surface area (Å²) in [4.78, 5) is 35.1. The van der Waals surface area contributed by atoms with Crippen molar-refractivity contribution >= 4 is 39.8 Å². The Kier molecular flexibility index (Phi) is 6.35. The van der Waals surface area contributed by atoms with E-state index in [0.717, 1.165) is 17.5 Å². The molecule has 0 amide bonds. The summed E-state index contributed by atoms with van der Waals surface area (Å²) < 4.78 is 6.77. The molecule has 1 atom stereocenters. The predicted octanol–water partition coefficient (Wildman–Crippen LogP) is 4.13. The number of aromatic nitrogens is 3. The number of Topliss-reactive ketones (excluding diaryl/α,β-unsaturated/α-hetero) is 1. The normalized spacial score (nSPS) is 11.8. The Labute approximate surface area is 192 Å². The second-order valence-corrected chi connectivity index (χ2v) is 8.73. The number of thioether (sulfide) groups is 1. The summed E-state index contributed by atoms with van der Waals surface area (Å²) in [5, 5.41) is 12.7. The number of benzene rings is 2. The highest BCUT2D eigenvalue weighted by Gasteiger charge is 2.24. The lowest BCUT2D eigenvalue weighted by Gasteiger charge is -2.14. The maximum atomic E-state index is 13.3. The van der Waals surface area contributed by atoms with Crippen LogP contribution >= 0.6 is 23.1 Å². The lowest BCUT2D eigenvalue weighted by molar-refractivity contribution is -0.116. The molecule has 9 heteroatoms. The number of ether oxygens (including phenoxy) is 1. The number of fused-ring (bicyclic) bond motifs is 1. The van der Waals surface area contributed by atoms with Gasteiger partial charge in [-0.1, -0.05) is 30.0 Å². The van der Waals surface area contributed by atoms with Crippen LogP contribution in [0.25, 0.3) is 16.6 Å². The smallest absolute Gasteiger partial charge is 0.266 e. The lowest BCUT2D eigenvalue weighted by atomic mass is 10.1. The molecule has 7 nitrogen and oxygen atoms in total. The van der Waals surface area contributed by atoms with Gasteiger partial charge >= 0.3 is 0 Å². The number of thiazole rings is 1. The van der Waals surface area contributed by atoms with E-state index in [1.165, 1.54) is 15.9 Å². The number of para-hydroxylation sites is 1. The van der Waals surface area contributed by atoms with Gasteiger partial charge in [0.05, 0.1) is 35.5 Å². The molecule has 0 N–H and O–H groups in total. The van der Waals surface area contributed by atoms with E-state index >= 15 is 0 Å². The van der Waals surface area contributed by atoms with Gasteiger partial charge in [-0.2, -0.15) is 5.26 Å². The third-order valence-corrected chi connectivity index (χ3v) is 6.72. The summed E-state index contributed by atoms with van der Waals surface area (Å²) in [5.74, 6) is -0.658. The molecule has 0 unspecified atom stereocenters. The Morgan fingerprint density at radius 3 is 2.78 bits per heavy atom. The fourth-order valence-electron chi connectivity index (χ4n) is 3.18. The average molecular weight is 463 g/mol. The Morgan fingerprint density at radius 2 is 2.06 bits per heavy atom.